The van der Waals surface area contributed by atoms with Gasteiger partial charge in [0.25, 0.3) is 0 Å². The average molecular weight is 510 g/mol. The van der Waals surface area contributed by atoms with Crippen molar-refractivity contribution in [2.75, 3.05) is 13.1 Å². The van der Waals surface area contributed by atoms with Crippen LogP contribution in [0, 0.1) is 13.8 Å². The third kappa shape index (κ3) is 10.3. The normalized spacial score (nSPS) is 11.9. The summed E-state index contributed by atoms with van der Waals surface area (Å²) in [7, 11) is 0. The van der Waals surface area contributed by atoms with E-state index in [2.05, 4.69) is 17.6 Å². The number of benzene rings is 2. The molecular formula is C30H43N3O4. The van der Waals surface area contributed by atoms with Crippen LogP contribution in [-0.4, -0.2) is 41.5 Å². The number of hydrogen-bond acceptors (Lipinski definition) is 4. The molecule has 7 heteroatoms. The highest BCUT2D eigenvalue weighted by Crippen LogP contribution is 2.27. The first-order chi connectivity index (χ1) is 17.5. The zero-order chi connectivity index (χ0) is 27.4. The van der Waals surface area contributed by atoms with Gasteiger partial charge in [0.1, 0.15) is 18.2 Å². The smallest absolute Gasteiger partial charge is 0.408 e. The van der Waals surface area contributed by atoms with Crippen LogP contribution in [0.1, 0.15) is 81.7 Å². The van der Waals surface area contributed by atoms with Crippen LogP contribution in [0.5, 0.6) is 0 Å². The van der Waals surface area contributed by atoms with Gasteiger partial charge in [0.2, 0.25) is 11.8 Å². The molecule has 0 aromatic heterocycles. The maximum atomic E-state index is 13.7. The molecule has 2 N–H and O–H groups in total. The Balaban J connectivity index is 2.35. The second-order valence-electron chi connectivity index (χ2n) is 10.5. The minimum atomic E-state index is -0.821. The molecule has 2 aromatic rings. The highest BCUT2D eigenvalue weighted by atomic mass is 16.6. The summed E-state index contributed by atoms with van der Waals surface area (Å²) in [5, 5.41) is 5.60. The summed E-state index contributed by atoms with van der Waals surface area (Å²) < 4.78 is 5.30. The van der Waals surface area contributed by atoms with E-state index >= 15 is 0 Å². The zero-order valence-corrected chi connectivity index (χ0v) is 23.2. The minimum absolute atomic E-state index is 0.251. The van der Waals surface area contributed by atoms with Gasteiger partial charge < -0.3 is 20.3 Å². The summed E-state index contributed by atoms with van der Waals surface area (Å²) in [4.78, 5) is 41.1. The number of carbonyl (C=O) groups excluding carboxylic acids is 3. The van der Waals surface area contributed by atoms with Crippen molar-refractivity contribution in [2.45, 2.75) is 85.4 Å². The Hall–Kier alpha value is -3.35. The SMILES string of the molecule is CCCCCCN(C(=O)CNC(=O)OC(C)(C)C)C(C(=O)NCc1ccccc1)c1cc(C)ccc1C. The number of amides is 3. The largest absolute Gasteiger partial charge is 0.444 e. The van der Waals surface area contributed by atoms with E-state index < -0.39 is 17.7 Å². The Morgan fingerprint density at radius 2 is 1.65 bits per heavy atom. The van der Waals surface area contributed by atoms with Crippen molar-refractivity contribution in [3.05, 3.63) is 70.8 Å². The molecule has 0 saturated heterocycles. The van der Waals surface area contributed by atoms with Crippen molar-refractivity contribution in [2.24, 2.45) is 0 Å². The minimum Gasteiger partial charge on any atom is -0.444 e. The molecule has 0 saturated carbocycles. The highest BCUT2D eigenvalue weighted by Gasteiger charge is 2.32. The molecule has 0 aliphatic rings. The summed E-state index contributed by atoms with van der Waals surface area (Å²) in [6.07, 6.45) is 3.16. The number of unbranched alkanes of at least 4 members (excludes halogenated alkanes) is 3. The molecule has 1 unspecified atom stereocenters. The Morgan fingerprint density at radius 1 is 0.946 bits per heavy atom. The van der Waals surface area contributed by atoms with Crippen LogP contribution in [-0.2, 0) is 20.9 Å². The maximum absolute atomic E-state index is 13.7. The Labute approximate surface area is 222 Å². The van der Waals surface area contributed by atoms with Gasteiger partial charge in [-0.1, -0.05) is 80.3 Å². The molecule has 0 fully saturated rings. The van der Waals surface area contributed by atoms with E-state index in [9.17, 15) is 14.4 Å². The fourth-order valence-electron chi connectivity index (χ4n) is 4.06. The van der Waals surface area contributed by atoms with E-state index in [1.54, 1.807) is 25.7 Å². The lowest BCUT2D eigenvalue weighted by molar-refractivity contribution is -0.140. The molecule has 2 aromatic carbocycles. The number of hydrogen-bond donors (Lipinski definition) is 2. The number of nitrogens with one attached hydrogen (secondary N) is 2. The average Bonchev–Trinajstić information content (AvgIpc) is 2.84. The molecule has 37 heavy (non-hydrogen) atoms. The number of alkyl carbamates (subject to hydrolysis) is 1. The fraction of sp³-hybridized carbons (Fsp3) is 0.500. The molecule has 3 amide bonds. The van der Waals surface area contributed by atoms with Crippen molar-refractivity contribution >= 4 is 17.9 Å². The second-order valence-corrected chi connectivity index (χ2v) is 10.5. The first-order valence-corrected chi connectivity index (χ1v) is 13.2. The van der Waals surface area contributed by atoms with Crippen LogP contribution in [0.15, 0.2) is 48.5 Å². The maximum Gasteiger partial charge on any atom is 0.408 e. The van der Waals surface area contributed by atoms with Crippen molar-refractivity contribution in [3.63, 3.8) is 0 Å². The third-order valence-electron chi connectivity index (χ3n) is 5.95. The molecular weight excluding hydrogens is 466 g/mol. The molecule has 7 nitrogen and oxygen atoms in total. The fourth-order valence-corrected chi connectivity index (χ4v) is 4.06. The molecule has 0 radical (unpaired) electrons. The van der Waals surface area contributed by atoms with Gasteiger partial charge in [-0.2, -0.15) is 0 Å². The number of rotatable bonds is 12. The molecule has 0 heterocycles. The molecule has 1 atom stereocenters. The van der Waals surface area contributed by atoms with Crippen LogP contribution in [0.2, 0.25) is 0 Å². The number of ether oxygens (including phenoxy) is 1. The summed E-state index contributed by atoms with van der Waals surface area (Å²) >= 11 is 0. The van der Waals surface area contributed by atoms with Gasteiger partial charge in [-0.05, 0) is 57.7 Å². The van der Waals surface area contributed by atoms with E-state index in [4.69, 9.17) is 4.74 Å². The van der Waals surface area contributed by atoms with Crippen LogP contribution >= 0.6 is 0 Å². The van der Waals surface area contributed by atoms with Crippen molar-refractivity contribution in [1.29, 1.82) is 0 Å². The first-order valence-electron chi connectivity index (χ1n) is 13.2. The van der Waals surface area contributed by atoms with E-state index in [0.29, 0.717) is 13.1 Å². The monoisotopic (exact) mass is 509 g/mol. The zero-order valence-electron chi connectivity index (χ0n) is 23.2. The predicted molar refractivity (Wildman–Crippen MR) is 147 cm³/mol. The van der Waals surface area contributed by atoms with Crippen LogP contribution in [0.25, 0.3) is 0 Å². The van der Waals surface area contributed by atoms with E-state index in [1.807, 2.05) is 62.4 Å². The van der Waals surface area contributed by atoms with Gasteiger partial charge in [-0.25, -0.2) is 4.79 Å². The lowest BCUT2D eigenvalue weighted by Gasteiger charge is -2.33. The standard InChI is InChI=1S/C30H43N3O4/c1-7-8-9-13-18-33(26(34)21-32-29(36)37-30(4,5)6)27(25-19-22(2)16-17-23(25)3)28(35)31-20-24-14-11-10-12-15-24/h10-12,14-17,19,27H,7-9,13,18,20-21H2,1-6H3,(H,31,35)(H,32,36). The van der Waals surface area contributed by atoms with Crippen molar-refractivity contribution < 1.29 is 19.1 Å². The van der Waals surface area contributed by atoms with Crippen molar-refractivity contribution in [1.82, 2.24) is 15.5 Å². The van der Waals surface area contributed by atoms with Gasteiger partial charge in [0.15, 0.2) is 0 Å². The van der Waals surface area contributed by atoms with Crippen LogP contribution in [0.4, 0.5) is 4.79 Å². The Kier molecular flexibility index (Phi) is 11.6. The molecule has 0 aliphatic heterocycles. The van der Waals surface area contributed by atoms with Gasteiger partial charge in [0.05, 0.1) is 0 Å². The number of carbonyl (C=O) groups is 3. The molecule has 0 spiro atoms. The highest BCUT2D eigenvalue weighted by molar-refractivity contribution is 5.90. The quantitative estimate of drug-likeness (QED) is 0.365. The molecule has 0 aliphatic carbocycles. The van der Waals surface area contributed by atoms with Crippen LogP contribution in [0.3, 0.4) is 0 Å². The van der Waals surface area contributed by atoms with Crippen LogP contribution < -0.4 is 10.6 Å². The third-order valence-corrected chi connectivity index (χ3v) is 5.95. The summed E-state index contributed by atoms with van der Waals surface area (Å²) in [5.41, 5.74) is 3.02. The first kappa shape index (κ1) is 29.9. The summed E-state index contributed by atoms with van der Waals surface area (Å²) in [5.74, 6) is -0.582. The van der Waals surface area contributed by atoms with E-state index in [1.165, 1.54) is 0 Å². The lowest BCUT2D eigenvalue weighted by atomic mass is 9.96. The summed E-state index contributed by atoms with van der Waals surface area (Å²) in [6.45, 7) is 11.9. The molecule has 0 bridgehead atoms. The topological polar surface area (TPSA) is 87.7 Å². The number of nitrogens with zero attached hydrogens (tertiary/aromatic N) is 1. The molecule has 202 valence electrons. The van der Waals surface area contributed by atoms with Gasteiger partial charge in [0, 0.05) is 13.1 Å². The molecule has 2 rings (SSSR count). The van der Waals surface area contributed by atoms with E-state index in [-0.39, 0.29) is 18.4 Å². The van der Waals surface area contributed by atoms with Gasteiger partial charge in [-0.15, -0.1) is 0 Å². The second kappa shape index (κ2) is 14.4. The Bertz CT molecular complexity index is 1030. The lowest BCUT2D eigenvalue weighted by Crippen LogP contribution is -2.48. The predicted octanol–water partition coefficient (Wildman–Crippen LogP) is 5.59. The van der Waals surface area contributed by atoms with Gasteiger partial charge >= 0.3 is 6.09 Å². The van der Waals surface area contributed by atoms with Gasteiger partial charge in [-0.3, -0.25) is 9.59 Å². The van der Waals surface area contributed by atoms with E-state index in [0.717, 1.165) is 47.9 Å². The van der Waals surface area contributed by atoms with Crippen molar-refractivity contribution in [3.8, 4) is 0 Å². The number of aryl methyl sites for hydroxylation is 2. The summed E-state index contributed by atoms with van der Waals surface area (Å²) in [6, 6.07) is 14.8. The Morgan fingerprint density at radius 3 is 2.30 bits per heavy atom.